The number of nitrogens with zero attached hydrogens (tertiary/aromatic N) is 1. The van der Waals surface area contributed by atoms with Gasteiger partial charge in [0.2, 0.25) is 0 Å². The molecule has 0 unspecified atom stereocenters. The van der Waals surface area contributed by atoms with Gasteiger partial charge in [0.15, 0.2) is 0 Å². The number of hydroxylamine groups is 1. The molecule has 0 radical (unpaired) electrons. The van der Waals surface area contributed by atoms with E-state index in [1.807, 2.05) is 0 Å². The van der Waals surface area contributed by atoms with Crippen molar-refractivity contribution in [1.29, 1.82) is 0 Å². The van der Waals surface area contributed by atoms with E-state index in [0.29, 0.717) is 25.8 Å². The van der Waals surface area contributed by atoms with E-state index in [1.165, 1.54) is 18.2 Å². The van der Waals surface area contributed by atoms with Gasteiger partial charge in [-0.25, -0.2) is 4.79 Å². The van der Waals surface area contributed by atoms with Gasteiger partial charge in [-0.3, -0.25) is 5.21 Å². The number of carbonyl (C=O) groups is 1. The van der Waals surface area contributed by atoms with E-state index >= 15 is 0 Å². The molecule has 0 atom stereocenters. The molecule has 2 aromatic carbocycles. The highest BCUT2D eigenvalue weighted by Gasteiger charge is 2.15. The zero-order valence-electron chi connectivity index (χ0n) is 9.98. The highest BCUT2D eigenvalue weighted by molar-refractivity contribution is 6.35. The molecule has 0 saturated carbocycles. The second-order valence-corrected chi connectivity index (χ2v) is 5.13. The second kappa shape index (κ2) is 6.33. The van der Waals surface area contributed by atoms with Gasteiger partial charge in [0.1, 0.15) is 0 Å². The maximum atomic E-state index is 11.9. The number of hydrogen-bond acceptors (Lipinski definition) is 2. The van der Waals surface area contributed by atoms with Crippen LogP contribution in [0.5, 0.6) is 0 Å². The SMILES string of the molecule is O=C(Nc1cc(Cl)ccc1Cl)N(O)c1cccc(Cl)c1. The predicted octanol–water partition coefficient (Wildman–Crippen LogP) is 5.07. The maximum absolute atomic E-state index is 11.9. The fraction of sp³-hybridized carbons (Fsp3) is 0. The quantitative estimate of drug-likeness (QED) is 0.596. The summed E-state index contributed by atoms with van der Waals surface area (Å²) in [7, 11) is 0. The van der Waals surface area contributed by atoms with Gasteiger partial charge >= 0.3 is 6.03 Å². The maximum Gasteiger partial charge on any atom is 0.350 e. The van der Waals surface area contributed by atoms with E-state index in [4.69, 9.17) is 34.8 Å². The molecule has 20 heavy (non-hydrogen) atoms. The van der Waals surface area contributed by atoms with Crippen LogP contribution in [-0.4, -0.2) is 11.2 Å². The van der Waals surface area contributed by atoms with E-state index in [9.17, 15) is 10.0 Å². The van der Waals surface area contributed by atoms with E-state index in [0.717, 1.165) is 0 Å². The lowest BCUT2D eigenvalue weighted by molar-refractivity contribution is 0.216. The van der Waals surface area contributed by atoms with Crippen LogP contribution in [0.4, 0.5) is 16.2 Å². The molecule has 0 aromatic heterocycles. The molecule has 0 aliphatic rings. The number of amides is 2. The summed E-state index contributed by atoms with van der Waals surface area (Å²) in [6, 6.07) is 10.1. The molecule has 0 heterocycles. The summed E-state index contributed by atoms with van der Waals surface area (Å²) in [6.07, 6.45) is 0. The Balaban J connectivity index is 2.17. The van der Waals surface area contributed by atoms with Crippen molar-refractivity contribution in [3.8, 4) is 0 Å². The molecule has 0 fully saturated rings. The Kier molecular flexibility index (Phi) is 4.73. The molecular weight excluding hydrogens is 323 g/mol. The van der Waals surface area contributed by atoms with Gasteiger partial charge in [-0.1, -0.05) is 40.9 Å². The number of benzene rings is 2. The lowest BCUT2D eigenvalue weighted by Gasteiger charge is -2.16. The number of urea groups is 1. The van der Waals surface area contributed by atoms with Gasteiger partial charge in [-0.15, -0.1) is 0 Å². The van der Waals surface area contributed by atoms with Crippen molar-refractivity contribution >= 4 is 52.2 Å². The third-order valence-electron chi connectivity index (χ3n) is 2.42. The van der Waals surface area contributed by atoms with Gasteiger partial charge in [0.05, 0.1) is 16.4 Å². The number of anilines is 2. The fourth-order valence-corrected chi connectivity index (χ4v) is 2.01. The first-order valence-corrected chi connectivity index (χ1v) is 6.61. The summed E-state index contributed by atoms with van der Waals surface area (Å²) in [5.74, 6) is 0. The smallest absolute Gasteiger partial charge is 0.304 e. The minimum absolute atomic E-state index is 0.230. The Bertz CT molecular complexity index is 649. The second-order valence-electron chi connectivity index (χ2n) is 3.85. The van der Waals surface area contributed by atoms with E-state index < -0.39 is 6.03 Å². The van der Waals surface area contributed by atoms with Crippen molar-refractivity contribution < 1.29 is 10.0 Å². The molecule has 104 valence electrons. The summed E-state index contributed by atoms with van der Waals surface area (Å²) in [6.45, 7) is 0. The molecule has 2 aromatic rings. The van der Waals surface area contributed by atoms with Crippen molar-refractivity contribution in [3.63, 3.8) is 0 Å². The fourth-order valence-electron chi connectivity index (χ4n) is 1.49. The van der Waals surface area contributed by atoms with Crippen LogP contribution in [0.15, 0.2) is 42.5 Å². The van der Waals surface area contributed by atoms with Crippen LogP contribution in [0.3, 0.4) is 0 Å². The van der Waals surface area contributed by atoms with Gasteiger partial charge in [-0.05, 0) is 36.4 Å². The van der Waals surface area contributed by atoms with Crippen LogP contribution < -0.4 is 10.4 Å². The zero-order valence-corrected chi connectivity index (χ0v) is 12.2. The lowest BCUT2D eigenvalue weighted by atomic mass is 10.3. The lowest BCUT2D eigenvalue weighted by Crippen LogP contribution is -2.31. The van der Waals surface area contributed by atoms with Crippen LogP contribution in [0.2, 0.25) is 15.1 Å². The third-order valence-corrected chi connectivity index (χ3v) is 3.21. The third kappa shape index (κ3) is 3.55. The summed E-state index contributed by atoms with van der Waals surface area (Å²) >= 11 is 17.5. The van der Waals surface area contributed by atoms with Gasteiger partial charge < -0.3 is 5.32 Å². The van der Waals surface area contributed by atoms with Crippen LogP contribution in [0.1, 0.15) is 0 Å². The highest BCUT2D eigenvalue weighted by atomic mass is 35.5. The summed E-state index contributed by atoms with van der Waals surface area (Å²) in [5.41, 5.74) is 0.526. The van der Waals surface area contributed by atoms with Crippen LogP contribution in [0.25, 0.3) is 0 Å². The monoisotopic (exact) mass is 330 g/mol. The van der Waals surface area contributed by atoms with E-state index in [2.05, 4.69) is 5.32 Å². The summed E-state index contributed by atoms with van der Waals surface area (Å²) in [5, 5.41) is 13.8. The first-order valence-electron chi connectivity index (χ1n) is 5.48. The summed E-state index contributed by atoms with van der Waals surface area (Å²) < 4.78 is 0. The van der Waals surface area contributed by atoms with Gasteiger partial charge in [-0.2, -0.15) is 5.06 Å². The molecule has 2 N–H and O–H groups in total. The summed E-state index contributed by atoms with van der Waals surface area (Å²) in [4.78, 5) is 11.9. The van der Waals surface area contributed by atoms with Crippen LogP contribution >= 0.6 is 34.8 Å². The molecule has 0 spiro atoms. The van der Waals surface area contributed by atoms with Crippen molar-refractivity contribution in [3.05, 3.63) is 57.5 Å². The van der Waals surface area contributed by atoms with E-state index in [1.54, 1.807) is 24.3 Å². The van der Waals surface area contributed by atoms with Crippen molar-refractivity contribution in [2.24, 2.45) is 0 Å². The Morgan fingerprint density at radius 3 is 2.45 bits per heavy atom. The normalized spacial score (nSPS) is 10.2. The molecule has 0 saturated heterocycles. The molecule has 7 heteroatoms. The Hall–Kier alpha value is -1.46. The number of halogens is 3. The van der Waals surface area contributed by atoms with Crippen molar-refractivity contribution in [2.75, 3.05) is 10.4 Å². The Morgan fingerprint density at radius 1 is 1.05 bits per heavy atom. The largest absolute Gasteiger partial charge is 0.350 e. The molecule has 2 rings (SSSR count). The van der Waals surface area contributed by atoms with Crippen LogP contribution in [0, 0.1) is 0 Å². The Morgan fingerprint density at radius 2 is 1.75 bits per heavy atom. The number of carbonyl (C=O) groups excluding carboxylic acids is 1. The van der Waals surface area contributed by atoms with Crippen LogP contribution in [-0.2, 0) is 0 Å². The van der Waals surface area contributed by atoms with Crippen molar-refractivity contribution in [2.45, 2.75) is 0 Å². The standard InChI is InChI=1S/C13H9Cl3N2O2/c14-8-2-1-3-10(6-8)18(20)13(19)17-12-7-9(15)4-5-11(12)16/h1-7,20H,(H,17,19). The molecule has 0 aliphatic heterocycles. The molecule has 4 nitrogen and oxygen atoms in total. The Labute approximate surface area is 130 Å². The highest BCUT2D eigenvalue weighted by Crippen LogP contribution is 2.26. The van der Waals surface area contributed by atoms with Gasteiger partial charge in [0, 0.05) is 10.0 Å². The average Bonchev–Trinajstić information content (AvgIpc) is 2.42. The molecular formula is C13H9Cl3N2O2. The average molecular weight is 332 g/mol. The number of nitrogens with one attached hydrogen (secondary N) is 1. The minimum atomic E-state index is -0.781. The number of hydrogen-bond donors (Lipinski definition) is 2. The first-order chi connectivity index (χ1) is 9.47. The predicted molar refractivity (Wildman–Crippen MR) is 81.2 cm³/mol. The zero-order chi connectivity index (χ0) is 14.7. The molecule has 2 amide bonds. The topological polar surface area (TPSA) is 52.6 Å². The first kappa shape index (κ1) is 14.9. The minimum Gasteiger partial charge on any atom is -0.304 e. The van der Waals surface area contributed by atoms with E-state index in [-0.39, 0.29) is 5.69 Å². The van der Waals surface area contributed by atoms with Gasteiger partial charge in [0.25, 0.3) is 0 Å². The van der Waals surface area contributed by atoms with Crippen molar-refractivity contribution in [1.82, 2.24) is 0 Å². The molecule has 0 bridgehead atoms. The molecule has 0 aliphatic carbocycles. The number of rotatable bonds is 2.